The number of sulfone groups is 1. The third-order valence-electron chi connectivity index (χ3n) is 2.26. The number of aliphatic hydroxyl groups excluding tert-OH is 1. The lowest BCUT2D eigenvalue weighted by atomic mass is 10.2. The van der Waals surface area contributed by atoms with Gasteiger partial charge in [0, 0.05) is 6.04 Å². The quantitative estimate of drug-likeness (QED) is 0.612. The lowest BCUT2D eigenvalue weighted by molar-refractivity contribution is 0.166. The van der Waals surface area contributed by atoms with E-state index in [2.05, 4.69) is 12.2 Å². The van der Waals surface area contributed by atoms with Crippen LogP contribution < -0.4 is 5.32 Å². The van der Waals surface area contributed by atoms with Crippen molar-refractivity contribution in [2.75, 3.05) is 18.1 Å². The molecular formula is C8H17NO3S. The second-order valence-corrected chi connectivity index (χ2v) is 5.71. The van der Waals surface area contributed by atoms with Crippen molar-refractivity contribution in [3.8, 4) is 0 Å². The second-order valence-electron chi connectivity index (χ2n) is 3.56. The highest BCUT2D eigenvalue weighted by Gasteiger charge is 2.35. The summed E-state index contributed by atoms with van der Waals surface area (Å²) in [5.41, 5.74) is 0. The van der Waals surface area contributed by atoms with Crippen LogP contribution in [0.25, 0.3) is 0 Å². The zero-order valence-electron chi connectivity index (χ0n) is 7.86. The summed E-state index contributed by atoms with van der Waals surface area (Å²) in [5, 5.41) is 12.4. The van der Waals surface area contributed by atoms with Crippen molar-refractivity contribution in [2.45, 2.75) is 31.9 Å². The Bertz CT molecular complexity index is 250. The number of aliphatic hydroxyl groups is 1. The Hall–Kier alpha value is -0.130. The molecule has 0 spiro atoms. The normalized spacial score (nSPS) is 32.2. The van der Waals surface area contributed by atoms with Gasteiger partial charge in [0.1, 0.15) is 0 Å². The first kappa shape index (κ1) is 10.9. The number of unbranched alkanes of at least 4 members (excludes halogenated alkanes) is 1. The molecular weight excluding hydrogens is 190 g/mol. The summed E-state index contributed by atoms with van der Waals surface area (Å²) in [6, 6.07) is -0.253. The molecule has 0 aromatic heterocycles. The van der Waals surface area contributed by atoms with Gasteiger partial charge in [-0.15, -0.1) is 0 Å². The smallest absolute Gasteiger partial charge is 0.154 e. The molecule has 1 rings (SSSR count). The van der Waals surface area contributed by atoms with Crippen LogP contribution >= 0.6 is 0 Å². The number of hydrogen-bond donors (Lipinski definition) is 2. The fourth-order valence-corrected chi connectivity index (χ4v) is 3.26. The Morgan fingerprint density at radius 1 is 1.46 bits per heavy atom. The van der Waals surface area contributed by atoms with E-state index in [0.29, 0.717) is 0 Å². The molecule has 0 unspecified atom stereocenters. The fourth-order valence-electron chi connectivity index (χ4n) is 1.49. The molecule has 13 heavy (non-hydrogen) atoms. The Morgan fingerprint density at radius 3 is 2.62 bits per heavy atom. The summed E-state index contributed by atoms with van der Waals surface area (Å²) in [7, 11) is -2.99. The average Bonchev–Trinajstić information content (AvgIpc) is 2.25. The van der Waals surface area contributed by atoms with Gasteiger partial charge in [-0.3, -0.25) is 0 Å². The van der Waals surface area contributed by atoms with E-state index in [1.54, 1.807) is 0 Å². The third-order valence-corrected chi connectivity index (χ3v) is 3.98. The van der Waals surface area contributed by atoms with E-state index in [9.17, 15) is 13.5 Å². The standard InChI is InChI=1S/C8H17NO3S/c1-2-3-4-9-7-5-13(11,12)6-8(7)10/h7-10H,2-6H2,1H3/t7-,8-/m1/s1. The molecule has 1 aliphatic heterocycles. The van der Waals surface area contributed by atoms with E-state index in [1.807, 2.05) is 0 Å². The largest absolute Gasteiger partial charge is 0.390 e. The summed E-state index contributed by atoms with van der Waals surface area (Å²) in [5.74, 6) is -0.00529. The second kappa shape index (κ2) is 4.39. The van der Waals surface area contributed by atoms with Gasteiger partial charge in [-0.25, -0.2) is 8.42 Å². The maximum Gasteiger partial charge on any atom is 0.154 e. The van der Waals surface area contributed by atoms with Crippen molar-refractivity contribution in [3.63, 3.8) is 0 Å². The molecule has 0 aliphatic carbocycles. The van der Waals surface area contributed by atoms with Gasteiger partial charge in [0.15, 0.2) is 9.84 Å². The Balaban J connectivity index is 2.36. The van der Waals surface area contributed by atoms with Crippen LogP contribution in [-0.4, -0.2) is 43.7 Å². The molecule has 1 fully saturated rings. The Labute approximate surface area is 79.3 Å². The summed E-state index contributed by atoms with van der Waals surface area (Å²) in [6.45, 7) is 2.86. The first-order valence-corrected chi connectivity index (χ1v) is 6.49. The highest BCUT2D eigenvalue weighted by molar-refractivity contribution is 7.91. The number of nitrogens with one attached hydrogen (secondary N) is 1. The van der Waals surface area contributed by atoms with Gasteiger partial charge in [-0.2, -0.15) is 0 Å². The topological polar surface area (TPSA) is 66.4 Å². The maximum atomic E-state index is 11.1. The molecule has 0 radical (unpaired) electrons. The van der Waals surface area contributed by atoms with Gasteiger partial charge in [-0.05, 0) is 13.0 Å². The van der Waals surface area contributed by atoms with Crippen LogP contribution in [-0.2, 0) is 9.84 Å². The van der Waals surface area contributed by atoms with Gasteiger partial charge in [-0.1, -0.05) is 13.3 Å². The van der Waals surface area contributed by atoms with E-state index < -0.39 is 15.9 Å². The minimum Gasteiger partial charge on any atom is -0.390 e. The van der Waals surface area contributed by atoms with Crippen LogP contribution in [0.2, 0.25) is 0 Å². The molecule has 1 heterocycles. The Kier molecular flexibility index (Phi) is 3.70. The minimum atomic E-state index is -2.99. The minimum absolute atomic E-state index is 0.0812. The number of hydrogen-bond acceptors (Lipinski definition) is 4. The van der Waals surface area contributed by atoms with E-state index in [0.717, 1.165) is 19.4 Å². The van der Waals surface area contributed by atoms with E-state index in [1.165, 1.54) is 0 Å². The van der Waals surface area contributed by atoms with Crippen LogP contribution in [0.1, 0.15) is 19.8 Å². The lowest BCUT2D eigenvalue weighted by Crippen LogP contribution is -2.39. The van der Waals surface area contributed by atoms with Crippen molar-refractivity contribution in [2.24, 2.45) is 0 Å². The highest BCUT2D eigenvalue weighted by atomic mass is 32.2. The number of rotatable bonds is 4. The van der Waals surface area contributed by atoms with Gasteiger partial charge in [0.2, 0.25) is 0 Å². The van der Waals surface area contributed by atoms with E-state index in [4.69, 9.17) is 0 Å². The average molecular weight is 207 g/mol. The van der Waals surface area contributed by atoms with Crippen LogP contribution in [0.5, 0.6) is 0 Å². The first-order valence-electron chi connectivity index (χ1n) is 4.67. The molecule has 2 atom stereocenters. The summed E-state index contributed by atoms with van der Waals surface area (Å²) in [6.07, 6.45) is 1.37. The van der Waals surface area contributed by atoms with Crippen molar-refractivity contribution >= 4 is 9.84 Å². The van der Waals surface area contributed by atoms with Gasteiger partial charge >= 0.3 is 0 Å². The van der Waals surface area contributed by atoms with Gasteiger partial charge < -0.3 is 10.4 Å². The van der Waals surface area contributed by atoms with E-state index in [-0.39, 0.29) is 17.5 Å². The molecule has 1 saturated heterocycles. The molecule has 78 valence electrons. The van der Waals surface area contributed by atoms with Crippen molar-refractivity contribution in [1.82, 2.24) is 5.32 Å². The summed E-state index contributed by atoms with van der Waals surface area (Å²) < 4.78 is 22.2. The van der Waals surface area contributed by atoms with Crippen LogP contribution in [0.15, 0.2) is 0 Å². The molecule has 0 aromatic rings. The van der Waals surface area contributed by atoms with Gasteiger partial charge in [0.05, 0.1) is 17.6 Å². The van der Waals surface area contributed by atoms with Crippen molar-refractivity contribution in [1.29, 1.82) is 0 Å². The van der Waals surface area contributed by atoms with Crippen LogP contribution in [0, 0.1) is 0 Å². The molecule has 0 saturated carbocycles. The van der Waals surface area contributed by atoms with Gasteiger partial charge in [0.25, 0.3) is 0 Å². The molecule has 2 N–H and O–H groups in total. The fraction of sp³-hybridized carbons (Fsp3) is 1.00. The molecule has 4 nitrogen and oxygen atoms in total. The van der Waals surface area contributed by atoms with Crippen molar-refractivity contribution in [3.05, 3.63) is 0 Å². The highest BCUT2D eigenvalue weighted by Crippen LogP contribution is 2.12. The maximum absolute atomic E-state index is 11.1. The van der Waals surface area contributed by atoms with E-state index >= 15 is 0 Å². The predicted octanol–water partition coefficient (Wildman–Crippen LogP) is -0.466. The third kappa shape index (κ3) is 3.25. The zero-order chi connectivity index (χ0) is 9.90. The Morgan fingerprint density at radius 2 is 2.15 bits per heavy atom. The monoisotopic (exact) mass is 207 g/mol. The summed E-state index contributed by atoms with van der Waals surface area (Å²) in [4.78, 5) is 0. The molecule has 5 heteroatoms. The SMILES string of the molecule is CCCCN[C@@H]1CS(=O)(=O)C[C@H]1O. The summed E-state index contributed by atoms with van der Waals surface area (Å²) >= 11 is 0. The molecule has 0 amide bonds. The lowest BCUT2D eigenvalue weighted by Gasteiger charge is -2.13. The zero-order valence-corrected chi connectivity index (χ0v) is 8.68. The first-order chi connectivity index (χ1) is 6.05. The molecule has 1 aliphatic rings. The van der Waals surface area contributed by atoms with Crippen molar-refractivity contribution < 1.29 is 13.5 Å². The predicted molar refractivity (Wildman–Crippen MR) is 51.4 cm³/mol. The molecule has 0 bridgehead atoms. The van der Waals surface area contributed by atoms with Crippen LogP contribution in [0.4, 0.5) is 0 Å². The molecule has 0 aromatic carbocycles. The van der Waals surface area contributed by atoms with Crippen LogP contribution in [0.3, 0.4) is 0 Å².